The summed E-state index contributed by atoms with van der Waals surface area (Å²) in [6.45, 7) is 0.420. The Morgan fingerprint density at radius 3 is 2.59 bits per heavy atom. The molecule has 3 amide bonds. The molecule has 0 atom stereocenters. The monoisotopic (exact) mass is 370 g/mol. The van der Waals surface area contributed by atoms with Crippen molar-refractivity contribution in [1.82, 2.24) is 20.7 Å². The van der Waals surface area contributed by atoms with Crippen LogP contribution < -0.4 is 20.9 Å². The standard InChI is InChI=1S/C19H19FN4O3/c1-24-12-16(15-4-2-3-5-17(15)24)18(25)22-23-19(26)21-10-11-27-14-8-6-13(20)7-9-14/h2-9,12H,10-11H2,1H3,(H,22,25)(H2,21,23,26). The number of hydrogen-bond acceptors (Lipinski definition) is 3. The fourth-order valence-corrected chi connectivity index (χ4v) is 2.61. The maximum Gasteiger partial charge on any atom is 0.333 e. The quantitative estimate of drug-likeness (QED) is 0.476. The molecule has 140 valence electrons. The minimum atomic E-state index is -0.564. The van der Waals surface area contributed by atoms with Crippen LogP contribution in [0.1, 0.15) is 10.4 Å². The van der Waals surface area contributed by atoms with Gasteiger partial charge in [-0.3, -0.25) is 10.2 Å². The minimum absolute atomic E-state index is 0.205. The molecule has 0 saturated carbocycles. The number of benzene rings is 2. The second-order valence-electron chi connectivity index (χ2n) is 5.81. The maximum atomic E-state index is 12.8. The number of hydrogen-bond donors (Lipinski definition) is 3. The van der Waals surface area contributed by atoms with Crippen molar-refractivity contribution in [1.29, 1.82) is 0 Å². The van der Waals surface area contributed by atoms with Gasteiger partial charge < -0.3 is 14.6 Å². The molecule has 1 heterocycles. The van der Waals surface area contributed by atoms with E-state index in [0.29, 0.717) is 11.3 Å². The molecule has 0 saturated heterocycles. The van der Waals surface area contributed by atoms with Crippen molar-refractivity contribution < 1.29 is 18.7 Å². The van der Waals surface area contributed by atoms with Crippen molar-refractivity contribution in [3.8, 4) is 5.75 Å². The summed E-state index contributed by atoms with van der Waals surface area (Å²) in [6, 6.07) is 12.5. The van der Waals surface area contributed by atoms with Crippen LogP contribution in [0.15, 0.2) is 54.7 Å². The predicted octanol–water partition coefficient (Wildman–Crippen LogP) is 2.34. The van der Waals surface area contributed by atoms with Crippen LogP contribution in [0.25, 0.3) is 10.9 Å². The topological polar surface area (TPSA) is 84.4 Å². The summed E-state index contributed by atoms with van der Waals surface area (Å²) in [4.78, 5) is 24.1. The van der Waals surface area contributed by atoms with E-state index >= 15 is 0 Å². The number of para-hydroxylation sites is 1. The van der Waals surface area contributed by atoms with Crippen molar-refractivity contribution in [2.24, 2.45) is 7.05 Å². The number of amides is 3. The Labute approximate surface area is 155 Å². The SMILES string of the molecule is Cn1cc(C(=O)NNC(=O)NCCOc2ccc(F)cc2)c2ccccc21. The smallest absolute Gasteiger partial charge is 0.333 e. The Bertz CT molecular complexity index is 953. The van der Waals surface area contributed by atoms with E-state index in [1.165, 1.54) is 24.3 Å². The Hall–Kier alpha value is -3.55. The third kappa shape index (κ3) is 4.55. The minimum Gasteiger partial charge on any atom is -0.492 e. The molecule has 3 rings (SSSR count). The Morgan fingerprint density at radius 1 is 1.07 bits per heavy atom. The molecular weight excluding hydrogens is 351 g/mol. The van der Waals surface area contributed by atoms with Gasteiger partial charge in [0, 0.05) is 24.1 Å². The average molecular weight is 370 g/mol. The van der Waals surface area contributed by atoms with E-state index in [1.807, 2.05) is 35.9 Å². The summed E-state index contributed by atoms with van der Waals surface area (Å²) in [5, 5.41) is 3.34. The zero-order chi connectivity index (χ0) is 19.2. The molecule has 0 radical (unpaired) electrons. The molecule has 3 N–H and O–H groups in total. The molecule has 0 aliphatic carbocycles. The van der Waals surface area contributed by atoms with Crippen LogP contribution in [0, 0.1) is 5.82 Å². The Balaban J connectivity index is 1.43. The number of hydrazine groups is 1. The molecule has 8 heteroatoms. The number of carbonyl (C=O) groups excluding carboxylic acids is 2. The average Bonchev–Trinajstić information content (AvgIpc) is 3.02. The van der Waals surface area contributed by atoms with Gasteiger partial charge in [0.1, 0.15) is 18.2 Å². The summed E-state index contributed by atoms with van der Waals surface area (Å²) in [5.74, 6) is -0.255. The number of aryl methyl sites for hydroxylation is 1. The highest BCUT2D eigenvalue weighted by atomic mass is 19.1. The number of halogens is 1. The first-order chi connectivity index (χ1) is 13.0. The summed E-state index contributed by atoms with van der Waals surface area (Å²) < 4.78 is 20.0. The highest BCUT2D eigenvalue weighted by Crippen LogP contribution is 2.19. The van der Waals surface area contributed by atoms with Gasteiger partial charge in [-0.05, 0) is 30.3 Å². The van der Waals surface area contributed by atoms with E-state index in [0.717, 1.165) is 10.9 Å². The van der Waals surface area contributed by atoms with E-state index < -0.39 is 11.9 Å². The molecule has 0 aliphatic rings. The van der Waals surface area contributed by atoms with Crippen LogP contribution >= 0.6 is 0 Å². The zero-order valence-corrected chi connectivity index (χ0v) is 14.7. The van der Waals surface area contributed by atoms with Crippen molar-refractivity contribution in [3.05, 3.63) is 66.1 Å². The van der Waals surface area contributed by atoms with Gasteiger partial charge in [0.2, 0.25) is 0 Å². The summed E-state index contributed by atoms with van der Waals surface area (Å²) in [6.07, 6.45) is 1.70. The number of aromatic nitrogens is 1. The van der Waals surface area contributed by atoms with Gasteiger partial charge in [0.05, 0.1) is 12.1 Å². The Morgan fingerprint density at radius 2 is 1.81 bits per heavy atom. The van der Waals surface area contributed by atoms with E-state index in [1.54, 1.807) is 6.20 Å². The first kappa shape index (κ1) is 18.2. The number of carbonyl (C=O) groups is 2. The van der Waals surface area contributed by atoms with E-state index in [9.17, 15) is 14.0 Å². The lowest BCUT2D eigenvalue weighted by atomic mass is 10.2. The molecule has 1 aromatic heterocycles. The molecule has 0 fully saturated rings. The lowest BCUT2D eigenvalue weighted by Crippen LogP contribution is -2.47. The van der Waals surface area contributed by atoms with Gasteiger partial charge >= 0.3 is 6.03 Å². The largest absolute Gasteiger partial charge is 0.492 e. The first-order valence-corrected chi connectivity index (χ1v) is 8.31. The van der Waals surface area contributed by atoms with E-state index in [-0.39, 0.29) is 19.0 Å². The van der Waals surface area contributed by atoms with Crippen molar-refractivity contribution in [2.45, 2.75) is 0 Å². The van der Waals surface area contributed by atoms with Crippen LogP contribution in [0.2, 0.25) is 0 Å². The molecule has 27 heavy (non-hydrogen) atoms. The highest BCUT2D eigenvalue weighted by molar-refractivity contribution is 6.07. The fraction of sp³-hybridized carbons (Fsp3) is 0.158. The number of urea groups is 1. The van der Waals surface area contributed by atoms with Gasteiger partial charge in [-0.25, -0.2) is 14.6 Å². The van der Waals surface area contributed by atoms with Crippen LogP contribution in [0.3, 0.4) is 0 Å². The summed E-state index contributed by atoms with van der Waals surface area (Å²) in [5.41, 5.74) is 6.06. The van der Waals surface area contributed by atoms with Crippen LogP contribution in [0.5, 0.6) is 5.75 Å². The number of fused-ring (bicyclic) bond motifs is 1. The van der Waals surface area contributed by atoms with Crippen LogP contribution in [-0.2, 0) is 7.05 Å². The third-order valence-electron chi connectivity index (χ3n) is 3.90. The normalized spacial score (nSPS) is 10.4. The number of ether oxygens (including phenoxy) is 1. The lowest BCUT2D eigenvalue weighted by Gasteiger charge is -2.09. The molecule has 3 aromatic rings. The highest BCUT2D eigenvalue weighted by Gasteiger charge is 2.14. The van der Waals surface area contributed by atoms with Crippen molar-refractivity contribution >= 4 is 22.8 Å². The van der Waals surface area contributed by atoms with E-state index in [2.05, 4.69) is 16.2 Å². The van der Waals surface area contributed by atoms with Crippen molar-refractivity contribution in [2.75, 3.05) is 13.2 Å². The molecule has 0 aliphatic heterocycles. The number of rotatable bonds is 5. The third-order valence-corrected chi connectivity index (χ3v) is 3.90. The Kier molecular flexibility index (Phi) is 5.55. The van der Waals surface area contributed by atoms with Gasteiger partial charge in [0.15, 0.2) is 0 Å². The van der Waals surface area contributed by atoms with E-state index in [4.69, 9.17) is 4.74 Å². The van der Waals surface area contributed by atoms with Crippen LogP contribution in [0.4, 0.5) is 9.18 Å². The second kappa shape index (κ2) is 8.22. The molecule has 0 unspecified atom stereocenters. The fourth-order valence-electron chi connectivity index (χ4n) is 2.61. The molecular formula is C19H19FN4O3. The molecule has 0 bridgehead atoms. The lowest BCUT2D eigenvalue weighted by molar-refractivity contribution is 0.0937. The predicted molar refractivity (Wildman–Crippen MR) is 98.8 cm³/mol. The van der Waals surface area contributed by atoms with Crippen LogP contribution in [-0.4, -0.2) is 29.7 Å². The number of nitrogens with zero attached hydrogens (tertiary/aromatic N) is 1. The zero-order valence-electron chi connectivity index (χ0n) is 14.7. The van der Waals surface area contributed by atoms with Gasteiger partial charge in [-0.2, -0.15) is 0 Å². The maximum absolute atomic E-state index is 12.8. The summed E-state index contributed by atoms with van der Waals surface area (Å²) >= 11 is 0. The van der Waals surface area contributed by atoms with Gasteiger partial charge in [0.25, 0.3) is 5.91 Å². The number of nitrogens with one attached hydrogen (secondary N) is 3. The molecule has 0 spiro atoms. The van der Waals surface area contributed by atoms with Gasteiger partial charge in [-0.15, -0.1) is 0 Å². The second-order valence-corrected chi connectivity index (χ2v) is 5.81. The first-order valence-electron chi connectivity index (χ1n) is 8.31. The van der Waals surface area contributed by atoms with Gasteiger partial charge in [-0.1, -0.05) is 18.2 Å². The van der Waals surface area contributed by atoms with Crippen molar-refractivity contribution in [3.63, 3.8) is 0 Å². The molecule has 2 aromatic carbocycles. The summed E-state index contributed by atoms with van der Waals surface area (Å²) in [7, 11) is 1.85. The molecule has 7 nitrogen and oxygen atoms in total.